The van der Waals surface area contributed by atoms with Gasteiger partial charge in [0.2, 0.25) is 0 Å². The van der Waals surface area contributed by atoms with Crippen LogP contribution in [-0.2, 0) is 9.05 Å². The lowest BCUT2D eigenvalue weighted by Crippen LogP contribution is -2.02. The first kappa shape index (κ1) is 14.5. The van der Waals surface area contributed by atoms with Gasteiger partial charge in [-0.15, -0.1) is 0 Å². The molecule has 0 atom stereocenters. The van der Waals surface area contributed by atoms with Gasteiger partial charge in [-0.25, -0.2) is 8.42 Å². The molecule has 0 fully saturated rings. The first-order valence-electron chi connectivity index (χ1n) is 4.32. The second-order valence-electron chi connectivity index (χ2n) is 2.88. The van der Waals surface area contributed by atoms with Crippen LogP contribution in [0.25, 0.3) is 0 Å². The molecule has 0 spiro atoms. The number of ether oxygens (including phenoxy) is 1. The predicted molar refractivity (Wildman–Crippen MR) is 70.0 cm³/mol. The van der Waals surface area contributed by atoms with Gasteiger partial charge >= 0.3 is 0 Å². The first-order valence-corrected chi connectivity index (χ1v) is 7.71. The van der Waals surface area contributed by atoms with Gasteiger partial charge in [-0.1, -0.05) is 0 Å². The van der Waals surface area contributed by atoms with Crippen LogP contribution in [0.1, 0.15) is 6.92 Å². The van der Waals surface area contributed by atoms with Crippen molar-refractivity contribution in [1.82, 2.24) is 0 Å². The van der Waals surface area contributed by atoms with E-state index in [9.17, 15) is 18.5 Å². The van der Waals surface area contributed by atoms with Gasteiger partial charge in [-0.3, -0.25) is 10.1 Å². The van der Waals surface area contributed by atoms with Crippen molar-refractivity contribution in [2.45, 2.75) is 11.8 Å². The second kappa shape index (κ2) is 5.36. The quantitative estimate of drug-likeness (QED) is 0.341. The molecule has 17 heavy (non-hydrogen) atoms. The third kappa shape index (κ3) is 3.42. The summed E-state index contributed by atoms with van der Waals surface area (Å²) in [6.45, 7) is 1.95. The lowest BCUT2D eigenvalue weighted by atomic mass is 10.3. The lowest BCUT2D eigenvalue weighted by molar-refractivity contribution is -0.385. The van der Waals surface area contributed by atoms with Gasteiger partial charge in [-0.2, -0.15) is 0 Å². The van der Waals surface area contributed by atoms with E-state index in [1.54, 1.807) is 29.5 Å². The fourth-order valence-corrected chi connectivity index (χ4v) is 3.77. The number of benzene rings is 1. The molecule has 0 heterocycles. The van der Waals surface area contributed by atoms with Crippen LogP contribution in [-0.4, -0.2) is 19.9 Å². The number of hydrogen-bond donors (Lipinski definition) is 0. The Labute approximate surface area is 116 Å². The van der Waals surface area contributed by atoms with Crippen molar-refractivity contribution >= 4 is 48.0 Å². The molecule has 0 aliphatic carbocycles. The number of non-ortho nitro benzene ring substituents is 1. The van der Waals surface area contributed by atoms with E-state index in [2.05, 4.69) is 0 Å². The van der Waals surface area contributed by atoms with E-state index in [1.165, 1.54) is 0 Å². The van der Waals surface area contributed by atoms with E-state index < -0.39 is 14.0 Å². The van der Waals surface area contributed by atoms with Crippen molar-refractivity contribution < 1.29 is 18.1 Å². The summed E-state index contributed by atoms with van der Waals surface area (Å²) < 4.78 is 27.9. The molecule has 0 saturated carbocycles. The molecule has 0 aliphatic rings. The minimum Gasteiger partial charge on any atom is -0.492 e. The molecule has 0 unspecified atom stereocenters. The molecule has 94 valence electrons. The van der Waals surface area contributed by atoms with Gasteiger partial charge in [0.1, 0.15) is 10.6 Å². The summed E-state index contributed by atoms with van der Waals surface area (Å²) in [5.41, 5.74) is -0.381. The zero-order valence-electron chi connectivity index (χ0n) is 8.51. The Morgan fingerprint density at radius 3 is 2.53 bits per heavy atom. The van der Waals surface area contributed by atoms with Crippen molar-refractivity contribution in [3.05, 3.63) is 25.8 Å². The molecular weight excluding hydrogens is 385 g/mol. The second-order valence-corrected chi connectivity index (χ2v) is 6.50. The van der Waals surface area contributed by atoms with Crippen LogP contribution >= 0.6 is 33.3 Å². The molecule has 0 amide bonds. The number of nitro groups is 1. The van der Waals surface area contributed by atoms with E-state index in [0.29, 0.717) is 0 Å². The van der Waals surface area contributed by atoms with Gasteiger partial charge in [0, 0.05) is 16.7 Å². The van der Waals surface area contributed by atoms with Crippen molar-refractivity contribution in [1.29, 1.82) is 0 Å². The SMILES string of the molecule is CCOc1cc([N+](=O)[O-])cc(S(=O)(=O)Cl)c1I. The Balaban J connectivity index is 3.54. The summed E-state index contributed by atoms with van der Waals surface area (Å²) >= 11 is 1.72. The van der Waals surface area contributed by atoms with Gasteiger partial charge in [0.25, 0.3) is 14.7 Å². The number of nitro benzene ring substituents is 1. The molecule has 1 aromatic carbocycles. The fraction of sp³-hybridized carbons (Fsp3) is 0.250. The molecule has 0 N–H and O–H groups in total. The third-order valence-electron chi connectivity index (χ3n) is 1.76. The van der Waals surface area contributed by atoms with Gasteiger partial charge in [0.05, 0.1) is 21.2 Å². The highest BCUT2D eigenvalue weighted by atomic mass is 127. The fourth-order valence-electron chi connectivity index (χ4n) is 1.10. The van der Waals surface area contributed by atoms with Crippen LogP contribution in [0, 0.1) is 13.7 Å². The molecule has 1 aromatic rings. The number of nitrogens with zero attached hydrogens (tertiary/aromatic N) is 1. The summed E-state index contributed by atoms with van der Waals surface area (Å²) in [5.74, 6) is 0.126. The number of rotatable bonds is 4. The van der Waals surface area contributed by atoms with Crippen LogP contribution in [0.4, 0.5) is 5.69 Å². The molecule has 1 rings (SSSR count). The monoisotopic (exact) mass is 391 g/mol. The standard InChI is InChI=1S/C8H7ClINO5S/c1-2-16-6-3-5(11(12)13)4-7(8(6)10)17(9,14)15/h3-4H,2H2,1H3. The summed E-state index contributed by atoms with van der Waals surface area (Å²) in [4.78, 5) is 9.63. The van der Waals surface area contributed by atoms with Crippen molar-refractivity contribution in [3.63, 3.8) is 0 Å². The summed E-state index contributed by atoms with van der Waals surface area (Å²) in [5, 5.41) is 10.7. The Morgan fingerprint density at radius 2 is 2.12 bits per heavy atom. The predicted octanol–water partition coefficient (Wildman–Crippen LogP) is 2.53. The average Bonchev–Trinajstić information content (AvgIpc) is 2.19. The van der Waals surface area contributed by atoms with Gasteiger partial charge in [-0.05, 0) is 29.5 Å². The highest BCUT2D eigenvalue weighted by Gasteiger charge is 2.23. The molecule has 0 saturated heterocycles. The zero-order chi connectivity index (χ0) is 13.2. The van der Waals surface area contributed by atoms with Crippen molar-refractivity contribution in [2.24, 2.45) is 0 Å². The number of hydrogen-bond acceptors (Lipinski definition) is 5. The smallest absolute Gasteiger partial charge is 0.274 e. The molecule has 0 aromatic heterocycles. The van der Waals surface area contributed by atoms with E-state index in [-0.39, 0.29) is 26.5 Å². The summed E-state index contributed by atoms with van der Waals surface area (Å²) in [6.07, 6.45) is 0. The highest BCUT2D eigenvalue weighted by molar-refractivity contribution is 14.1. The molecular formula is C8H7ClINO5S. The van der Waals surface area contributed by atoms with E-state index in [0.717, 1.165) is 12.1 Å². The molecule has 0 radical (unpaired) electrons. The number of halogens is 2. The Kier molecular flexibility index (Phi) is 4.55. The lowest BCUT2D eigenvalue weighted by Gasteiger charge is -2.08. The highest BCUT2D eigenvalue weighted by Crippen LogP contribution is 2.34. The van der Waals surface area contributed by atoms with Crippen LogP contribution in [0.2, 0.25) is 0 Å². The summed E-state index contributed by atoms with van der Waals surface area (Å²) in [7, 11) is 1.15. The maximum Gasteiger partial charge on any atom is 0.274 e. The Bertz CT molecular complexity index is 559. The van der Waals surface area contributed by atoms with Gasteiger partial charge < -0.3 is 4.74 Å². The molecule has 6 nitrogen and oxygen atoms in total. The normalized spacial score (nSPS) is 11.2. The van der Waals surface area contributed by atoms with E-state index in [4.69, 9.17) is 15.4 Å². The van der Waals surface area contributed by atoms with Crippen LogP contribution in [0.3, 0.4) is 0 Å². The topological polar surface area (TPSA) is 86.5 Å². The van der Waals surface area contributed by atoms with Gasteiger partial charge in [0.15, 0.2) is 0 Å². The third-order valence-corrected chi connectivity index (χ3v) is 4.59. The van der Waals surface area contributed by atoms with Crippen LogP contribution in [0.15, 0.2) is 17.0 Å². The molecule has 9 heteroatoms. The first-order chi connectivity index (χ1) is 7.77. The van der Waals surface area contributed by atoms with Crippen molar-refractivity contribution in [2.75, 3.05) is 6.61 Å². The van der Waals surface area contributed by atoms with Crippen molar-refractivity contribution in [3.8, 4) is 5.75 Å². The average molecular weight is 392 g/mol. The summed E-state index contributed by atoms with van der Waals surface area (Å²) in [6, 6.07) is 2.07. The van der Waals surface area contributed by atoms with Crippen LogP contribution in [0.5, 0.6) is 5.75 Å². The largest absolute Gasteiger partial charge is 0.492 e. The molecule has 0 aliphatic heterocycles. The minimum absolute atomic E-state index is 0.126. The maximum absolute atomic E-state index is 11.3. The maximum atomic E-state index is 11.3. The van der Waals surface area contributed by atoms with E-state index >= 15 is 0 Å². The minimum atomic E-state index is -4.05. The Morgan fingerprint density at radius 1 is 1.53 bits per heavy atom. The van der Waals surface area contributed by atoms with E-state index in [1.807, 2.05) is 0 Å². The molecule has 0 bridgehead atoms. The Hall–Kier alpha value is -0.610. The van der Waals surface area contributed by atoms with Crippen LogP contribution < -0.4 is 4.74 Å². The zero-order valence-corrected chi connectivity index (χ0v) is 12.2.